The van der Waals surface area contributed by atoms with Crippen LogP contribution in [0.15, 0.2) is 44.7 Å². The van der Waals surface area contributed by atoms with Gasteiger partial charge in [-0.3, -0.25) is 19.8 Å². The first-order chi connectivity index (χ1) is 13.4. The fourth-order valence-electron chi connectivity index (χ4n) is 3.02. The van der Waals surface area contributed by atoms with Gasteiger partial charge in [-0.05, 0) is 29.7 Å². The zero-order valence-electron chi connectivity index (χ0n) is 15.5. The number of hydrogen-bond acceptors (Lipinski definition) is 8. The van der Waals surface area contributed by atoms with Crippen LogP contribution in [0.25, 0.3) is 11.1 Å². The van der Waals surface area contributed by atoms with Gasteiger partial charge < -0.3 is 9.52 Å². The first-order valence-electron chi connectivity index (χ1n) is 8.78. The van der Waals surface area contributed by atoms with E-state index in [0.717, 1.165) is 0 Å². The minimum atomic E-state index is -0.908. The van der Waals surface area contributed by atoms with Crippen molar-refractivity contribution in [2.45, 2.75) is 32.7 Å². The largest absolute Gasteiger partial charge is 0.481 e. The summed E-state index contributed by atoms with van der Waals surface area (Å²) in [5.41, 5.74) is 3.98. The third kappa shape index (κ3) is 4.34. The molecule has 0 aliphatic carbocycles. The summed E-state index contributed by atoms with van der Waals surface area (Å²) in [7, 11) is 0. The molecule has 0 bridgehead atoms. The number of benzene rings is 1. The van der Waals surface area contributed by atoms with Gasteiger partial charge in [-0.15, -0.1) is 5.11 Å². The molecule has 0 spiro atoms. The van der Waals surface area contributed by atoms with Gasteiger partial charge in [-0.1, -0.05) is 25.1 Å². The molecule has 2 heterocycles. The highest BCUT2D eigenvalue weighted by molar-refractivity contribution is 5.77. The highest BCUT2D eigenvalue weighted by Crippen LogP contribution is 2.34. The second-order valence-electron chi connectivity index (χ2n) is 6.84. The molecule has 0 saturated carbocycles. The molecule has 2 aromatic rings. The average molecular weight is 387 g/mol. The number of oxazole rings is 1. The van der Waals surface area contributed by atoms with E-state index in [1.165, 1.54) is 0 Å². The molecule has 0 radical (unpaired) electrons. The monoisotopic (exact) mass is 387 g/mol. The van der Waals surface area contributed by atoms with E-state index in [9.17, 15) is 9.59 Å². The number of nitrogens with zero attached hydrogens (tertiary/aromatic N) is 4. The molecular weight excluding hydrogens is 366 g/mol. The third-order valence-electron chi connectivity index (χ3n) is 4.29. The van der Waals surface area contributed by atoms with Gasteiger partial charge >= 0.3 is 5.97 Å². The van der Waals surface area contributed by atoms with Gasteiger partial charge in [0.1, 0.15) is 11.6 Å². The quantitative estimate of drug-likeness (QED) is 0.490. The van der Waals surface area contributed by atoms with E-state index in [1.54, 1.807) is 34.8 Å². The Balaban J connectivity index is 1.82. The number of aliphatic carboxylic acids is 1. The zero-order valence-corrected chi connectivity index (χ0v) is 15.5. The number of carbonyl (C=O) groups excluding carboxylic acids is 1. The predicted octanol–water partition coefficient (Wildman–Crippen LogP) is 2.61. The molecule has 1 aliphatic heterocycles. The van der Waals surface area contributed by atoms with Crippen molar-refractivity contribution in [3.05, 3.63) is 41.4 Å². The summed E-state index contributed by atoms with van der Waals surface area (Å²) in [5.74, 6) is -0.871. The van der Waals surface area contributed by atoms with Crippen LogP contribution in [0.3, 0.4) is 0 Å². The van der Waals surface area contributed by atoms with Gasteiger partial charge in [0.15, 0.2) is 5.58 Å². The van der Waals surface area contributed by atoms with Crippen LogP contribution in [0, 0.1) is 5.92 Å². The smallest absolute Gasteiger partial charge is 0.307 e. The van der Waals surface area contributed by atoms with Gasteiger partial charge in [0.05, 0.1) is 18.7 Å². The molecule has 10 heteroatoms. The summed E-state index contributed by atoms with van der Waals surface area (Å²) in [4.78, 5) is 26.6. The highest BCUT2D eigenvalue weighted by atomic mass is 16.5. The minimum Gasteiger partial charge on any atom is -0.481 e. The summed E-state index contributed by atoms with van der Waals surface area (Å²) in [6.45, 7) is 4.39. The van der Waals surface area contributed by atoms with E-state index < -0.39 is 11.9 Å². The number of fused-ring (bicyclic) bond motifs is 1. The molecule has 3 rings (SSSR count). The molecule has 1 amide bonds. The first kappa shape index (κ1) is 19.5. The normalized spacial score (nSPS) is 16.3. The van der Waals surface area contributed by atoms with E-state index >= 15 is 0 Å². The van der Waals surface area contributed by atoms with Crippen molar-refractivity contribution in [2.75, 3.05) is 6.54 Å². The van der Waals surface area contributed by atoms with Crippen molar-refractivity contribution >= 4 is 23.0 Å². The summed E-state index contributed by atoms with van der Waals surface area (Å²) < 4.78 is 5.90. The van der Waals surface area contributed by atoms with Gasteiger partial charge in [0.25, 0.3) is 0 Å². The second kappa shape index (κ2) is 8.17. The van der Waals surface area contributed by atoms with Crippen LogP contribution in [0.4, 0.5) is 0 Å². The Bertz CT molecular complexity index is 949. The molecule has 10 nitrogen and oxygen atoms in total. The predicted molar refractivity (Wildman–Crippen MR) is 97.1 cm³/mol. The first-order valence-corrected chi connectivity index (χ1v) is 8.78. The number of hydrogen-bond donors (Lipinski definition) is 3. The molecule has 1 aliphatic rings. The summed E-state index contributed by atoms with van der Waals surface area (Å²) in [5, 5.41) is 27.5. The van der Waals surface area contributed by atoms with Gasteiger partial charge in [0.2, 0.25) is 11.8 Å². The lowest BCUT2D eigenvalue weighted by Crippen LogP contribution is -2.26. The fourth-order valence-corrected chi connectivity index (χ4v) is 3.02. The zero-order chi connectivity index (χ0) is 20.3. The highest BCUT2D eigenvalue weighted by Gasteiger charge is 2.31. The Kier molecular flexibility index (Phi) is 5.69. The Morgan fingerprint density at radius 1 is 1.39 bits per heavy atom. The second-order valence-corrected chi connectivity index (χ2v) is 6.84. The van der Waals surface area contributed by atoms with E-state index in [2.05, 4.69) is 15.3 Å². The van der Waals surface area contributed by atoms with Crippen molar-refractivity contribution in [2.24, 2.45) is 16.3 Å². The van der Waals surface area contributed by atoms with Crippen LogP contribution in [-0.2, 0) is 16.0 Å². The van der Waals surface area contributed by atoms with Gasteiger partial charge in [0, 0.05) is 6.42 Å². The lowest BCUT2D eigenvalue weighted by molar-refractivity contribution is -0.136. The van der Waals surface area contributed by atoms with Crippen molar-refractivity contribution in [1.29, 1.82) is 0 Å². The van der Waals surface area contributed by atoms with Crippen molar-refractivity contribution < 1.29 is 24.3 Å². The lowest BCUT2D eigenvalue weighted by Gasteiger charge is -2.25. The number of carboxylic acid groups (broad SMARTS) is 1. The SMILES string of the molecule is CC(C)C(c1nc2cc(CC(=O)O)ccc2o1)N1C/C(=C/CC(=O)NO)N=N1. The standard InChI is InChI=1S/C18H21N5O5/c1-10(2)17(23-9-12(20-22-23)4-6-15(24)21-27)18-19-13-7-11(8-16(25)26)3-5-14(13)28-18/h3-5,7,10,17,27H,6,8-9H2,1-2H3,(H,21,24)(H,25,26)/b12-4-. The number of aromatic nitrogens is 1. The van der Waals surface area contributed by atoms with Crippen LogP contribution in [-0.4, -0.2) is 38.7 Å². The number of carboxylic acids is 1. The molecule has 1 aromatic heterocycles. The van der Waals surface area contributed by atoms with E-state index in [4.69, 9.17) is 14.7 Å². The number of amides is 1. The van der Waals surface area contributed by atoms with Crippen molar-refractivity contribution in [3.63, 3.8) is 0 Å². The topological polar surface area (TPSA) is 141 Å². The maximum absolute atomic E-state index is 11.2. The molecule has 28 heavy (non-hydrogen) atoms. The molecular formula is C18H21N5O5. The summed E-state index contributed by atoms with van der Waals surface area (Å²) in [6, 6.07) is 4.85. The average Bonchev–Trinajstić information content (AvgIpc) is 3.25. The Morgan fingerprint density at radius 3 is 2.86 bits per heavy atom. The lowest BCUT2D eigenvalue weighted by atomic mass is 10.0. The maximum Gasteiger partial charge on any atom is 0.307 e. The molecule has 1 unspecified atom stereocenters. The third-order valence-corrected chi connectivity index (χ3v) is 4.29. The Labute approximate surface area is 160 Å². The number of hydroxylamine groups is 1. The van der Waals surface area contributed by atoms with Crippen LogP contribution in [0.1, 0.15) is 37.8 Å². The van der Waals surface area contributed by atoms with Crippen LogP contribution in [0.5, 0.6) is 0 Å². The number of rotatable bonds is 7. The van der Waals surface area contributed by atoms with Gasteiger partial charge in [-0.2, -0.15) is 0 Å². The van der Waals surface area contributed by atoms with E-state index in [-0.39, 0.29) is 24.8 Å². The van der Waals surface area contributed by atoms with Crippen molar-refractivity contribution in [3.8, 4) is 0 Å². The number of nitrogens with one attached hydrogen (secondary N) is 1. The fraction of sp³-hybridized carbons (Fsp3) is 0.389. The van der Waals surface area contributed by atoms with Crippen molar-refractivity contribution in [1.82, 2.24) is 15.5 Å². The number of carbonyl (C=O) groups is 2. The molecule has 1 atom stereocenters. The molecule has 3 N–H and O–H groups in total. The van der Waals surface area contributed by atoms with E-state index in [1.807, 2.05) is 13.8 Å². The Hall–Kier alpha value is -3.27. The van der Waals surface area contributed by atoms with E-state index in [0.29, 0.717) is 34.8 Å². The van der Waals surface area contributed by atoms with Gasteiger partial charge in [-0.25, -0.2) is 10.5 Å². The maximum atomic E-state index is 11.2. The van der Waals surface area contributed by atoms with Crippen LogP contribution >= 0.6 is 0 Å². The molecule has 0 fully saturated rings. The molecule has 148 valence electrons. The summed E-state index contributed by atoms with van der Waals surface area (Å²) >= 11 is 0. The molecule has 1 aromatic carbocycles. The van der Waals surface area contributed by atoms with Crippen LogP contribution in [0.2, 0.25) is 0 Å². The van der Waals surface area contributed by atoms with Crippen LogP contribution < -0.4 is 5.48 Å². The Morgan fingerprint density at radius 2 is 2.18 bits per heavy atom. The molecule has 0 saturated heterocycles. The summed E-state index contributed by atoms with van der Waals surface area (Å²) in [6.07, 6.45) is 1.51. The minimum absolute atomic E-state index is 0.000278.